The van der Waals surface area contributed by atoms with Gasteiger partial charge in [0.25, 0.3) is 0 Å². The van der Waals surface area contributed by atoms with Crippen LogP contribution in [0.2, 0.25) is 0 Å². The van der Waals surface area contributed by atoms with E-state index in [1.165, 1.54) is 70.6 Å². The Bertz CT molecular complexity index is 172. The second-order valence-electron chi connectivity index (χ2n) is 5.79. The molecule has 0 heterocycles. The first-order valence-corrected chi connectivity index (χ1v) is 7.12. The van der Waals surface area contributed by atoms with Crippen LogP contribution in [-0.2, 0) is 0 Å². The molecule has 2 N–H and O–H groups in total. The number of hydrogen-bond donors (Lipinski definition) is 1. The van der Waals surface area contributed by atoms with Gasteiger partial charge in [0.15, 0.2) is 0 Å². The fourth-order valence-corrected chi connectivity index (χ4v) is 3.52. The summed E-state index contributed by atoms with van der Waals surface area (Å²) >= 11 is 0. The largest absolute Gasteiger partial charge is 0.327 e. The number of rotatable bonds is 3. The maximum Gasteiger partial charge on any atom is 0.00671 e. The molecule has 2 unspecified atom stereocenters. The van der Waals surface area contributed by atoms with Gasteiger partial charge in [-0.3, -0.25) is 0 Å². The second kappa shape index (κ2) is 5.89. The van der Waals surface area contributed by atoms with Crippen molar-refractivity contribution in [3.8, 4) is 0 Å². The minimum absolute atomic E-state index is 0.530. The van der Waals surface area contributed by atoms with Gasteiger partial charge in [0.05, 0.1) is 0 Å². The molecule has 0 aromatic carbocycles. The van der Waals surface area contributed by atoms with Crippen molar-refractivity contribution in [1.82, 2.24) is 0 Å². The molecule has 0 aliphatic heterocycles. The summed E-state index contributed by atoms with van der Waals surface area (Å²) in [6, 6.07) is 0.530. The van der Waals surface area contributed by atoms with Gasteiger partial charge in [-0.15, -0.1) is 0 Å². The first-order chi connectivity index (χ1) is 7.36. The monoisotopic (exact) mass is 209 g/mol. The highest BCUT2D eigenvalue weighted by Gasteiger charge is 2.23. The Balaban J connectivity index is 1.67. The van der Waals surface area contributed by atoms with Gasteiger partial charge in [0.1, 0.15) is 0 Å². The van der Waals surface area contributed by atoms with Crippen molar-refractivity contribution >= 4 is 0 Å². The quantitative estimate of drug-likeness (QED) is 0.750. The van der Waals surface area contributed by atoms with Gasteiger partial charge in [-0.25, -0.2) is 0 Å². The molecule has 2 rings (SSSR count). The summed E-state index contributed by atoms with van der Waals surface area (Å²) in [6.07, 6.45) is 15.9. The van der Waals surface area contributed by atoms with Crippen LogP contribution in [0.4, 0.5) is 0 Å². The first-order valence-electron chi connectivity index (χ1n) is 7.12. The molecule has 0 aromatic rings. The van der Waals surface area contributed by atoms with Crippen LogP contribution in [0.1, 0.15) is 70.6 Å². The van der Waals surface area contributed by atoms with Crippen molar-refractivity contribution in [2.45, 2.75) is 76.7 Å². The smallest absolute Gasteiger partial charge is 0.00671 e. The van der Waals surface area contributed by atoms with E-state index in [2.05, 4.69) is 0 Å². The van der Waals surface area contributed by atoms with Crippen LogP contribution in [0.25, 0.3) is 0 Å². The molecular formula is C14H27N. The van der Waals surface area contributed by atoms with Gasteiger partial charge < -0.3 is 5.73 Å². The zero-order valence-corrected chi connectivity index (χ0v) is 10.1. The summed E-state index contributed by atoms with van der Waals surface area (Å²) in [4.78, 5) is 0. The Labute approximate surface area is 94.8 Å². The van der Waals surface area contributed by atoms with Crippen LogP contribution < -0.4 is 5.73 Å². The SMILES string of the molecule is NC1CCCCC1CCC1CCCCC1. The van der Waals surface area contributed by atoms with Crippen LogP contribution in [0.5, 0.6) is 0 Å². The molecule has 1 heteroatoms. The van der Waals surface area contributed by atoms with E-state index in [0.717, 1.165) is 11.8 Å². The zero-order valence-electron chi connectivity index (χ0n) is 10.1. The average Bonchev–Trinajstić information content (AvgIpc) is 2.29. The maximum absolute atomic E-state index is 6.19. The predicted molar refractivity (Wildman–Crippen MR) is 65.7 cm³/mol. The van der Waals surface area contributed by atoms with Gasteiger partial charge in [0, 0.05) is 6.04 Å². The van der Waals surface area contributed by atoms with Gasteiger partial charge in [-0.1, -0.05) is 51.4 Å². The van der Waals surface area contributed by atoms with Crippen LogP contribution in [0, 0.1) is 11.8 Å². The van der Waals surface area contributed by atoms with E-state index in [1.807, 2.05) is 0 Å². The number of nitrogens with two attached hydrogens (primary N) is 1. The lowest BCUT2D eigenvalue weighted by molar-refractivity contribution is 0.249. The van der Waals surface area contributed by atoms with Crippen molar-refractivity contribution in [3.05, 3.63) is 0 Å². The van der Waals surface area contributed by atoms with Crippen molar-refractivity contribution in [3.63, 3.8) is 0 Å². The Hall–Kier alpha value is -0.0400. The van der Waals surface area contributed by atoms with Gasteiger partial charge in [-0.05, 0) is 31.1 Å². The molecule has 2 aliphatic rings. The van der Waals surface area contributed by atoms with E-state index in [4.69, 9.17) is 5.73 Å². The van der Waals surface area contributed by atoms with E-state index < -0.39 is 0 Å². The molecular weight excluding hydrogens is 182 g/mol. The molecule has 0 spiro atoms. The minimum Gasteiger partial charge on any atom is -0.327 e. The molecule has 15 heavy (non-hydrogen) atoms. The normalized spacial score (nSPS) is 34.2. The second-order valence-corrected chi connectivity index (χ2v) is 5.79. The van der Waals surface area contributed by atoms with E-state index in [9.17, 15) is 0 Å². The predicted octanol–water partition coefficient (Wildman–Crippen LogP) is 3.86. The van der Waals surface area contributed by atoms with Crippen LogP contribution in [0.15, 0.2) is 0 Å². The molecule has 0 aromatic heterocycles. The van der Waals surface area contributed by atoms with Crippen LogP contribution in [0.3, 0.4) is 0 Å². The summed E-state index contributed by atoms with van der Waals surface area (Å²) in [5.74, 6) is 1.91. The minimum atomic E-state index is 0.530. The fourth-order valence-electron chi connectivity index (χ4n) is 3.52. The van der Waals surface area contributed by atoms with Gasteiger partial charge in [-0.2, -0.15) is 0 Å². The summed E-state index contributed by atoms with van der Waals surface area (Å²) in [7, 11) is 0. The highest BCUT2D eigenvalue weighted by atomic mass is 14.7. The molecule has 2 fully saturated rings. The lowest BCUT2D eigenvalue weighted by Crippen LogP contribution is -2.33. The first kappa shape index (κ1) is 11.4. The van der Waals surface area contributed by atoms with Gasteiger partial charge >= 0.3 is 0 Å². The Morgan fingerprint density at radius 1 is 0.733 bits per heavy atom. The third kappa shape index (κ3) is 3.48. The molecule has 0 saturated heterocycles. The van der Waals surface area contributed by atoms with Crippen LogP contribution in [-0.4, -0.2) is 6.04 Å². The number of hydrogen-bond acceptors (Lipinski definition) is 1. The zero-order chi connectivity index (χ0) is 10.5. The van der Waals surface area contributed by atoms with Crippen LogP contribution >= 0.6 is 0 Å². The molecule has 0 amide bonds. The maximum atomic E-state index is 6.19. The standard InChI is InChI=1S/C14H27N/c15-14-9-5-4-8-13(14)11-10-12-6-2-1-3-7-12/h12-14H,1-11,15H2. The van der Waals surface area contributed by atoms with Crippen molar-refractivity contribution < 1.29 is 0 Å². The fraction of sp³-hybridized carbons (Fsp3) is 1.00. The van der Waals surface area contributed by atoms with Crippen molar-refractivity contribution in [1.29, 1.82) is 0 Å². The Morgan fingerprint density at radius 2 is 1.40 bits per heavy atom. The average molecular weight is 209 g/mol. The summed E-state index contributed by atoms with van der Waals surface area (Å²) < 4.78 is 0. The Kier molecular flexibility index (Phi) is 4.49. The third-order valence-electron chi connectivity index (χ3n) is 4.64. The molecule has 2 saturated carbocycles. The Morgan fingerprint density at radius 3 is 2.13 bits per heavy atom. The van der Waals surface area contributed by atoms with E-state index in [-0.39, 0.29) is 0 Å². The lowest BCUT2D eigenvalue weighted by Gasteiger charge is -2.30. The summed E-state index contributed by atoms with van der Waals surface area (Å²) in [6.45, 7) is 0. The highest BCUT2D eigenvalue weighted by Crippen LogP contribution is 2.32. The van der Waals surface area contributed by atoms with Crippen molar-refractivity contribution in [2.24, 2.45) is 17.6 Å². The van der Waals surface area contributed by atoms with Crippen molar-refractivity contribution in [2.75, 3.05) is 0 Å². The molecule has 0 bridgehead atoms. The lowest BCUT2D eigenvalue weighted by atomic mass is 9.78. The summed E-state index contributed by atoms with van der Waals surface area (Å²) in [5.41, 5.74) is 6.19. The molecule has 2 aliphatic carbocycles. The van der Waals surface area contributed by atoms with E-state index in [0.29, 0.717) is 6.04 Å². The molecule has 88 valence electrons. The molecule has 0 radical (unpaired) electrons. The van der Waals surface area contributed by atoms with E-state index >= 15 is 0 Å². The topological polar surface area (TPSA) is 26.0 Å². The van der Waals surface area contributed by atoms with Gasteiger partial charge in [0.2, 0.25) is 0 Å². The molecule has 2 atom stereocenters. The molecule has 1 nitrogen and oxygen atoms in total. The van der Waals surface area contributed by atoms with E-state index in [1.54, 1.807) is 0 Å². The summed E-state index contributed by atoms with van der Waals surface area (Å²) in [5, 5.41) is 0. The highest BCUT2D eigenvalue weighted by molar-refractivity contribution is 4.79. The third-order valence-corrected chi connectivity index (χ3v) is 4.64.